The standard InChI is InChI=1S/C38H35N3O/c1-4-5-16-33-27(3)42-35-22-19-29(25-34(33)35)24-26(2)23-28-17-20-32(21-18-28)38-40-36(30-12-8-6-9-13-30)39-37(41-38)31-14-10-7-11-15-31/h5-22,25-26H,4,23-24H2,1-3H3/b16-5-. The van der Waals surface area contributed by atoms with Crippen LogP contribution in [0.15, 0.2) is 114 Å². The summed E-state index contributed by atoms with van der Waals surface area (Å²) in [7, 11) is 0. The lowest BCUT2D eigenvalue weighted by Crippen LogP contribution is -2.04. The van der Waals surface area contributed by atoms with Gasteiger partial charge in [-0.25, -0.2) is 15.0 Å². The molecular formula is C38H35N3O. The third kappa shape index (κ3) is 6.08. The van der Waals surface area contributed by atoms with Crippen LogP contribution in [-0.4, -0.2) is 15.0 Å². The van der Waals surface area contributed by atoms with Gasteiger partial charge in [-0.05, 0) is 55.4 Å². The number of allylic oxidation sites excluding steroid dienone is 1. The highest BCUT2D eigenvalue weighted by Crippen LogP contribution is 2.29. The SMILES string of the molecule is CC/C=C\c1c(C)oc2ccc(CC(C)Cc3ccc(-c4nc(-c5ccccc5)nc(-c5ccccc5)n4)cc3)cc12. The Balaban J connectivity index is 1.22. The van der Waals surface area contributed by atoms with Crippen LogP contribution in [0.25, 0.3) is 51.2 Å². The Morgan fingerprint density at radius 2 is 1.19 bits per heavy atom. The molecule has 1 atom stereocenters. The Morgan fingerprint density at radius 3 is 1.76 bits per heavy atom. The summed E-state index contributed by atoms with van der Waals surface area (Å²) in [4.78, 5) is 14.5. The van der Waals surface area contributed by atoms with Crippen molar-refractivity contribution in [3.63, 3.8) is 0 Å². The minimum absolute atomic E-state index is 0.488. The molecular weight excluding hydrogens is 514 g/mol. The summed E-state index contributed by atoms with van der Waals surface area (Å²) in [6, 6.07) is 35.5. The predicted octanol–water partition coefficient (Wildman–Crippen LogP) is 9.77. The van der Waals surface area contributed by atoms with E-state index in [4.69, 9.17) is 19.4 Å². The molecule has 2 heterocycles. The van der Waals surface area contributed by atoms with Crippen molar-refractivity contribution >= 4 is 17.0 Å². The highest BCUT2D eigenvalue weighted by molar-refractivity contribution is 5.89. The normalized spacial score (nSPS) is 12.3. The van der Waals surface area contributed by atoms with Crippen LogP contribution in [0.2, 0.25) is 0 Å². The van der Waals surface area contributed by atoms with Crippen LogP contribution in [0.3, 0.4) is 0 Å². The van der Waals surface area contributed by atoms with E-state index in [1.54, 1.807) is 0 Å². The number of furan rings is 1. The average molecular weight is 550 g/mol. The van der Waals surface area contributed by atoms with E-state index in [0.717, 1.165) is 47.3 Å². The molecule has 42 heavy (non-hydrogen) atoms. The summed E-state index contributed by atoms with van der Waals surface area (Å²) in [6.45, 7) is 6.52. The van der Waals surface area contributed by atoms with Gasteiger partial charge in [0.15, 0.2) is 17.5 Å². The Kier molecular flexibility index (Phi) is 8.05. The Labute approximate surface area is 247 Å². The fourth-order valence-corrected chi connectivity index (χ4v) is 5.46. The molecule has 0 saturated heterocycles. The molecule has 0 amide bonds. The summed E-state index contributed by atoms with van der Waals surface area (Å²) in [6.07, 6.45) is 7.39. The van der Waals surface area contributed by atoms with Crippen molar-refractivity contribution in [3.05, 3.63) is 132 Å². The zero-order valence-electron chi connectivity index (χ0n) is 24.4. The largest absolute Gasteiger partial charge is 0.461 e. The van der Waals surface area contributed by atoms with E-state index in [-0.39, 0.29) is 0 Å². The van der Waals surface area contributed by atoms with Crippen LogP contribution in [0.5, 0.6) is 0 Å². The number of hydrogen-bond acceptors (Lipinski definition) is 4. The number of rotatable bonds is 9. The van der Waals surface area contributed by atoms with E-state index in [9.17, 15) is 0 Å². The van der Waals surface area contributed by atoms with Gasteiger partial charge in [-0.15, -0.1) is 0 Å². The van der Waals surface area contributed by atoms with Crippen molar-refractivity contribution in [2.24, 2.45) is 5.92 Å². The van der Waals surface area contributed by atoms with Gasteiger partial charge in [0.1, 0.15) is 11.3 Å². The Morgan fingerprint density at radius 1 is 0.667 bits per heavy atom. The van der Waals surface area contributed by atoms with Crippen LogP contribution in [0.1, 0.15) is 42.7 Å². The molecule has 4 nitrogen and oxygen atoms in total. The minimum Gasteiger partial charge on any atom is -0.461 e. The number of nitrogens with zero attached hydrogens (tertiary/aromatic N) is 3. The van der Waals surface area contributed by atoms with E-state index >= 15 is 0 Å². The van der Waals surface area contributed by atoms with Gasteiger partial charge in [0.25, 0.3) is 0 Å². The maximum atomic E-state index is 6.00. The smallest absolute Gasteiger partial charge is 0.164 e. The molecule has 1 unspecified atom stereocenters. The van der Waals surface area contributed by atoms with E-state index in [0.29, 0.717) is 23.4 Å². The number of aryl methyl sites for hydroxylation is 1. The topological polar surface area (TPSA) is 51.8 Å². The fourth-order valence-electron chi connectivity index (χ4n) is 5.46. The number of aromatic nitrogens is 3. The summed E-state index contributed by atoms with van der Waals surface area (Å²) in [5.74, 6) is 3.50. The average Bonchev–Trinajstić information content (AvgIpc) is 3.34. The van der Waals surface area contributed by atoms with Crippen LogP contribution in [0.4, 0.5) is 0 Å². The molecule has 2 aromatic heterocycles. The van der Waals surface area contributed by atoms with Gasteiger partial charge in [-0.3, -0.25) is 0 Å². The van der Waals surface area contributed by atoms with Gasteiger partial charge >= 0.3 is 0 Å². The fraction of sp³-hybridized carbons (Fsp3) is 0.184. The lowest BCUT2D eigenvalue weighted by atomic mass is 9.93. The van der Waals surface area contributed by atoms with Gasteiger partial charge in [-0.1, -0.05) is 117 Å². The van der Waals surface area contributed by atoms with Crippen molar-refractivity contribution in [2.45, 2.75) is 40.0 Å². The van der Waals surface area contributed by atoms with Crippen molar-refractivity contribution < 1.29 is 4.42 Å². The van der Waals surface area contributed by atoms with E-state index in [1.807, 2.05) is 67.6 Å². The molecule has 0 bridgehead atoms. The van der Waals surface area contributed by atoms with E-state index in [2.05, 4.69) is 68.5 Å². The highest BCUT2D eigenvalue weighted by Gasteiger charge is 2.14. The minimum atomic E-state index is 0.488. The summed E-state index contributed by atoms with van der Waals surface area (Å²) in [5, 5.41) is 1.20. The Hall–Kier alpha value is -4.83. The molecule has 0 spiro atoms. The van der Waals surface area contributed by atoms with Crippen LogP contribution in [-0.2, 0) is 12.8 Å². The molecule has 0 aliphatic heterocycles. The maximum absolute atomic E-state index is 6.00. The van der Waals surface area contributed by atoms with Crippen molar-refractivity contribution in [3.8, 4) is 34.2 Å². The summed E-state index contributed by atoms with van der Waals surface area (Å²) >= 11 is 0. The van der Waals surface area contributed by atoms with Crippen molar-refractivity contribution in [2.75, 3.05) is 0 Å². The van der Waals surface area contributed by atoms with Gasteiger partial charge < -0.3 is 4.42 Å². The molecule has 6 rings (SSSR count). The second kappa shape index (κ2) is 12.4. The van der Waals surface area contributed by atoms with Crippen LogP contribution in [0, 0.1) is 12.8 Å². The van der Waals surface area contributed by atoms with Crippen molar-refractivity contribution in [1.29, 1.82) is 0 Å². The number of fused-ring (bicyclic) bond motifs is 1. The molecule has 6 aromatic rings. The predicted molar refractivity (Wildman–Crippen MR) is 173 cm³/mol. The van der Waals surface area contributed by atoms with Crippen LogP contribution >= 0.6 is 0 Å². The molecule has 0 fully saturated rings. The molecule has 208 valence electrons. The van der Waals surface area contributed by atoms with Crippen LogP contribution < -0.4 is 0 Å². The first-order valence-electron chi connectivity index (χ1n) is 14.7. The van der Waals surface area contributed by atoms with Gasteiger partial charge in [0.05, 0.1) is 0 Å². The van der Waals surface area contributed by atoms with Crippen molar-refractivity contribution in [1.82, 2.24) is 15.0 Å². The first-order chi connectivity index (χ1) is 20.6. The molecule has 4 heteroatoms. The third-order valence-corrected chi connectivity index (χ3v) is 7.58. The second-order valence-corrected chi connectivity index (χ2v) is 11.0. The van der Waals surface area contributed by atoms with Gasteiger partial charge in [-0.2, -0.15) is 0 Å². The number of hydrogen-bond donors (Lipinski definition) is 0. The quantitative estimate of drug-likeness (QED) is 0.180. The molecule has 0 aliphatic carbocycles. The third-order valence-electron chi connectivity index (χ3n) is 7.58. The lowest BCUT2D eigenvalue weighted by Gasteiger charge is -2.13. The maximum Gasteiger partial charge on any atom is 0.164 e. The Bertz CT molecular complexity index is 1760. The molecule has 0 aliphatic rings. The molecule has 0 N–H and O–H groups in total. The molecule has 4 aromatic carbocycles. The summed E-state index contributed by atoms with van der Waals surface area (Å²) < 4.78 is 6.00. The van der Waals surface area contributed by atoms with Gasteiger partial charge in [0, 0.05) is 27.6 Å². The highest BCUT2D eigenvalue weighted by atomic mass is 16.3. The summed E-state index contributed by atoms with van der Waals surface area (Å²) in [5.41, 5.74) is 7.73. The first kappa shape index (κ1) is 27.3. The monoisotopic (exact) mass is 549 g/mol. The number of benzene rings is 4. The molecule has 0 radical (unpaired) electrons. The second-order valence-electron chi connectivity index (χ2n) is 11.0. The lowest BCUT2D eigenvalue weighted by molar-refractivity contribution is 0.573. The first-order valence-corrected chi connectivity index (χ1v) is 14.7. The zero-order chi connectivity index (χ0) is 28.9. The van der Waals surface area contributed by atoms with E-state index in [1.165, 1.54) is 22.1 Å². The van der Waals surface area contributed by atoms with E-state index < -0.39 is 0 Å². The van der Waals surface area contributed by atoms with Gasteiger partial charge in [0.2, 0.25) is 0 Å². The molecule has 0 saturated carbocycles. The zero-order valence-corrected chi connectivity index (χ0v) is 24.4.